The molecule has 0 aliphatic heterocycles. The molecule has 0 aliphatic carbocycles. The van der Waals surface area contributed by atoms with Gasteiger partial charge in [0.05, 0.1) is 18.2 Å². The van der Waals surface area contributed by atoms with Crippen LogP contribution in [0.2, 0.25) is 0 Å². The van der Waals surface area contributed by atoms with Gasteiger partial charge in [0.15, 0.2) is 0 Å². The topological polar surface area (TPSA) is 38.0 Å². The molecule has 0 bridgehead atoms. The zero-order chi connectivity index (χ0) is 20.2. The fourth-order valence-electron chi connectivity index (χ4n) is 3.39. The number of nitriles is 1. The fraction of sp³-hybridized carbons (Fsp3) is 0.125. The van der Waals surface area contributed by atoms with Crippen molar-refractivity contribution in [2.75, 3.05) is 6.61 Å². The van der Waals surface area contributed by atoms with Crippen molar-refractivity contribution in [3.8, 4) is 6.07 Å². The molecule has 3 nitrogen and oxygen atoms in total. The molecular weight excluding hydrogens is 370 g/mol. The van der Waals surface area contributed by atoms with E-state index < -0.39 is 6.10 Å². The highest BCUT2D eigenvalue weighted by molar-refractivity contribution is 5.81. The number of benzene rings is 3. The van der Waals surface area contributed by atoms with Crippen molar-refractivity contribution >= 4 is 10.9 Å². The summed E-state index contributed by atoms with van der Waals surface area (Å²) >= 11 is 0. The van der Waals surface area contributed by atoms with E-state index >= 15 is 0 Å². The largest absolute Gasteiger partial charge is 0.367 e. The average Bonchev–Trinajstić information content (AvgIpc) is 3.15. The molecule has 1 heterocycles. The van der Waals surface area contributed by atoms with E-state index in [2.05, 4.69) is 10.6 Å². The highest BCUT2D eigenvalue weighted by Crippen LogP contribution is 2.27. The Hall–Kier alpha value is -3.49. The number of hydrogen-bond acceptors (Lipinski definition) is 2. The van der Waals surface area contributed by atoms with Gasteiger partial charge in [-0.25, -0.2) is 8.78 Å². The Morgan fingerprint density at radius 3 is 2.07 bits per heavy atom. The van der Waals surface area contributed by atoms with Crippen molar-refractivity contribution in [1.29, 1.82) is 5.26 Å². The van der Waals surface area contributed by atoms with Crippen molar-refractivity contribution in [2.24, 2.45) is 0 Å². The van der Waals surface area contributed by atoms with Crippen LogP contribution >= 0.6 is 0 Å². The zero-order valence-electron chi connectivity index (χ0n) is 15.6. The van der Waals surface area contributed by atoms with Crippen LogP contribution in [0.15, 0.2) is 79.0 Å². The summed E-state index contributed by atoms with van der Waals surface area (Å²) in [5, 5.41) is 10.0. The minimum absolute atomic E-state index is 0.317. The molecule has 0 saturated heterocycles. The average molecular weight is 388 g/mol. The number of hydrogen-bond donors (Lipinski definition) is 0. The molecule has 0 atom stereocenters. The second-order valence-electron chi connectivity index (χ2n) is 6.75. The quantitative estimate of drug-likeness (QED) is 0.431. The lowest BCUT2D eigenvalue weighted by molar-refractivity contribution is 0.0744. The molecule has 0 radical (unpaired) electrons. The molecule has 0 spiro atoms. The second-order valence-corrected chi connectivity index (χ2v) is 6.75. The van der Waals surface area contributed by atoms with Gasteiger partial charge in [0.1, 0.15) is 17.7 Å². The molecule has 0 amide bonds. The number of aromatic nitrogens is 1. The number of nitrogens with zero attached hydrogens (tertiary/aromatic N) is 2. The minimum atomic E-state index is -0.428. The molecule has 29 heavy (non-hydrogen) atoms. The molecule has 4 aromatic rings. The molecule has 1 aromatic heterocycles. The Kier molecular flexibility index (Phi) is 5.37. The maximum absolute atomic E-state index is 13.3. The van der Waals surface area contributed by atoms with Gasteiger partial charge in [-0.3, -0.25) is 0 Å². The summed E-state index contributed by atoms with van der Waals surface area (Å²) in [6.07, 6.45) is 1.53. The molecule has 0 aliphatic rings. The first-order valence-corrected chi connectivity index (χ1v) is 9.25. The van der Waals surface area contributed by atoms with Gasteiger partial charge in [-0.2, -0.15) is 5.26 Å². The first-order chi connectivity index (χ1) is 14.1. The molecule has 5 heteroatoms. The predicted octanol–water partition coefficient (Wildman–Crippen LogP) is 5.60. The predicted molar refractivity (Wildman–Crippen MR) is 107 cm³/mol. The molecular formula is C24H18F2N2O. The Balaban J connectivity index is 1.53. The third kappa shape index (κ3) is 4.18. The van der Waals surface area contributed by atoms with E-state index in [9.17, 15) is 8.78 Å². The molecule has 0 N–H and O–H groups in total. The van der Waals surface area contributed by atoms with Crippen molar-refractivity contribution < 1.29 is 13.5 Å². The second kappa shape index (κ2) is 8.26. The van der Waals surface area contributed by atoms with Gasteiger partial charge in [-0.15, -0.1) is 0 Å². The molecule has 3 aromatic carbocycles. The van der Waals surface area contributed by atoms with Crippen LogP contribution in [0.25, 0.3) is 10.9 Å². The summed E-state index contributed by atoms with van der Waals surface area (Å²) in [7, 11) is 0. The van der Waals surface area contributed by atoms with Crippen LogP contribution in [-0.2, 0) is 11.3 Å². The zero-order valence-corrected chi connectivity index (χ0v) is 15.6. The first-order valence-electron chi connectivity index (χ1n) is 9.25. The van der Waals surface area contributed by atoms with Crippen molar-refractivity contribution in [3.05, 3.63) is 107 Å². The summed E-state index contributed by atoms with van der Waals surface area (Å²) in [4.78, 5) is 0. The van der Waals surface area contributed by atoms with Crippen LogP contribution in [0, 0.1) is 23.0 Å². The smallest absolute Gasteiger partial charge is 0.123 e. The lowest BCUT2D eigenvalue weighted by atomic mass is 10.0. The number of rotatable bonds is 6. The lowest BCUT2D eigenvalue weighted by Gasteiger charge is -2.19. The van der Waals surface area contributed by atoms with Crippen LogP contribution < -0.4 is 0 Å². The Morgan fingerprint density at radius 1 is 0.862 bits per heavy atom. The molecule has 0 saturated carbocycles. The van der Waals surface area contributed by atoms with Crippen LogP contribution in [0.4, 0.5) is 8.78 Å². The van der Waals surface area contributed by atoms with Gasteiger partial charge in [-0.05, 0) is 59.7 Å². The van der Waals surface area contributed by atoms with Gasteiger partial charge >= 0.3 is 0 Å². The first kappa shape index (κ1) is 18.9. The Bertz CT molecular complexity index is 1110. The number of fused-ring (bicyclic) bond motifs is 1. The van der Waals surface area contributed by atoms with Gasteiger partial charge in [0.25, 0.3) is 0 Å². The summed E-state index contributed by atoms with van der Waals surface area (Å²) in [6, 6.07) is 22.0. The molecule has 144 valence electrons. The Morgan fingerprint density at radius 2 is 1.48 bits per heavy atom. The molecule has 0 unspecified atom stereocenters. The van der Waals surface area contributed by atoms with Gasteiger partial charge < -0.3 is 9.30 Å². The fourth-order valence-corrected chi connectivity index (χ4v) is 3.39. The SMILES string of the molecule is N#Cc1ccc2c(ccn2CCOC(c2ccc(F)cc2)c2ccc(F)cc2)c1. The van der Waals surface area contributed by atoms with Crippen LogP contribution in [-0.4, -0.2) is 11.2 Å². The van der Waals surface area contributed by atoms with E-state index in [1.54, 1.807) is 30.3 Å². The van der Waals surface area contributed by atoms with Crippen LogP contribution in [0.1, 0.15) is 22.8 Å². The summed E-state index contributed by atoms with van der Waals surface area (Å²) in [6.45, 7) is 1.01. The van der Waals surface area contributed by atoms with E-state index in [0.717, 1.165) is 22.0 Å². The maximum Gasteiger partial charge on any atom is 0.123 e. The van der Waals surface area contributed by atoms with Crippen LogP contribution in [0.3, 0.4) is 0 Å². The van der Waals surface area contributed by atoms with Crippen LogP contribution in [0.5, 0.6) is 0 Å². The van der Waals surface area contributed by atoms with Crippen molar-refractivity contribution in [1.82, 2.24) is 4.57 Å². The summed E-state index contributed by atoms with van der Waals surface area (Å²) < 4.78 is 34.9. The van der Waals surface area contributed by atoms with E-state index in [1.807, 2.05) is 24.4 Å². The Labute approximate surface area is 167 Å². The monoisotopic (exact) mass is 388 g/mol. The van der Waals surface area contributed by atoms with E-state index in [-0.39, 0.29) is 11.6 Å². The lowest BCUT2D eigenvalue weighted by Crippen LogP contribution is -2.11. The number of ether oxygens (including phenoxy) is 1. The van der Waals surface area contributed by atoms with E-state index in [1.165, 1.54) is 24.3 Å². The van der Waals surface area contributed by atoms with Crippen molar-refractivity contribution in [2.45, 2.75) is 12.6 Å². The third-order valence-electron chi connectivity index (χ3n) is 4.86. The highest BCUT2D eigenvalue weighted by atomic mass is 19.1. The highest BCUT2D eigenvalue weighted by Gasteiger charge is 2.15. The molecule has 0 fully saturated rings. The maximum atomic E-state index is 13.3. The summed E-state index contributed by atoms with van der Waals surface area (Å²) in [5.41, 5.74) is 3.25. The van der Waals surface area contributed by atoms with E-state index in [4.69, 9.17) is 10.00 Å². The van der Waals surface area contributed by atoms with Crippen molar-refractivity contribution in [3.63, 3.8) is 0 Å². The van der Waals surface area contributed by atoms with Gasteiger partial charge in [0.2, 0.25) is 0 Å². The minimum Gasteiger partial charge on any atom is -0.367 e. The third-order valence-corrected chi connectivity index (χ3v) is 4.86. The number of halogens is 2. The summed E-state index contributed by atoms with van der Waals surface area (Å²) in [5.74, 6) is -0.635. The normalized spacial score (nSPS) is 11.1. The van der Waals surface area contributed by atoms with Gasteiger partial charge in [0, 0.05) is 23.6 Å². The standard InChI is InChI=1S/C24H18F2N2O/c25-21-6-2-18(3-7-21)24(19-4-8-22(26)9-5-19)29-14-13-28-12-11-20-15-17(16-27)1-10-23(20)28/h1-12,15,24H,13-14H2. The van der Waals surface area contributed by atoms with Gasteiger partial charge in [-0.1, -0.05) is 24.3 Å². The molecule has 4 rings (SSSR count). The van der Waals surface area contributed by atoms with E-state index in [0.29, 0.717) is 18.7 Å².